The molecule has 0 atom stereocenters. The van der Waals surface area contributed by atoms with Crippen molar-refractivity contribution in [1.29, 1.82) is 0 Å². The van der Waals surface area contributed by atoms with Crippen molar-refractivity contribution >= 4 is 38.7 Å². The van der Waals surface area contributed by atoms with Crippen LogP contribution in [0.5, 0.6) is 0 Å². The quantitative estimate of drug-likeness (QED) is 0.723. The van der Waals surface area contributed by atoms with Gasteiger partial charge in [0.25, 0.3) is 5.91 Å². The number of fused-ring (bicyclic) bond motifs is 1. The second-order valence-electron chi connectivity index (χ2n) is 6.76. The van der Waals surface area contributed by atoms with Crippen LogP contribution in [0.4, 0.5) is 0 Å². The predicted molar refractivity (Wildman–Crippen MR) is 109 cm³/mol. The molecule has 0 bridgehead atoms. The summed E-state index contributed by atoms with van der Waals surface area (Å²) < 4.78 is 6.64. The zero-order valence-corrected chi connectivity index (χ0v) is 17.5. The van der Waals surface area contributed by atoms with Crippen molar-refractivity contribution in [3.05, 3.63) is 34.5 Å². The number of carbonyl (C=O) groups is 2. The number of amides is 2. The van der Waals surface area contributed by atoms with Crippen LogP contribution in [0.2, 0.25) is 0 Å². The van der Waals surface area contributed by atoms with E-state index in [0.29, 0.717) is 37.5 Å². The Morgan fingerprint density at radius 2 is 1.93 bits per heavy atom. The van der Waals surface area contributed by atoms with E-state index < -0.39 is 0 Å². The van der Waals surface area contributed by atoms with E-state index in [1.54, 1.807) is 6.07 Å². The highest BCUT2D eigenvalue weighted by Crippen LogP contribution is 2.27. The number of hydrogen-bond donors (Lipinski definition) is 0. The molecule has 2 aromatic rings. The number of rotatable bonds is 5. The highest BCUT2D eigenvalue weighted by molar-refractivity contribution is 9.10. The number of para-hydroxylation sites is 1. The molecule has 0 N–H and O–H groups in total. The number of hydrogen-bond acceptors (Lipinski definition) is 4. The first-order valence-corrected chi connectivity index (χ1v) is 10.3. The van der Waals surface area contributed by atoms with Crippen LogP contribution < -0.4 is 0 Å². The summed E-state index contributed by atoms with van der Waals surface area (Å²) in [5.74, 6) is 0.432. The summed E-state index contributed by atoms with van der Waals surface area (Å²) in [6.07, 6.45) is 0.848. The number of furan rings is 1. The Morgan fingerprint density at radius 1 is 1.15 bits per heavy atom. The Balaban J connectivity index is 1.64. The van der Waals surface area contributed by atoms with Gasteiger partial charge in [0.1, 0.15) is 5.58 Å². The van der Waals surface area contributed by atoms with Crippen LogP contribution in [-0.4, -0.2) is 72.3 Å². The third kappa shape index (κ3) is 4.52. The van der Waals surface area contributed by atoms with Crippen molar-refractivity contribution in [3.8, 4) is 0 Å². The first kappa shape index (κ1) is 19.9. The van der Waals surface area contributed by atoms with Gasteiger partial charge in [-0.15, -0.1) is 0 Å². The molecular formula is C20H26BrN3O3. The third-order valence-corrected chi connectivity index (χ3v) is 5.68. The summed E-state index contributed by atoms with van der Waals surface area (Å²) in [7, 11) is 0. The zero-order chi connectivity index (χ0) is 19.4. The molecule has 146 valence electrons. The highest BCUT2D eigenvalue weighted by atomic mass is 79.9. The number of halogens is 1. The third-order valence-electron chi connectivity index (χ3n) is 5.06. The second-order valence-corrected chi connectivity index (χ2v) is 7.61. The molecule has 2 heterocycles. The number of carbonyl (C=O) groups excluding carboxylic acids is 2. The summed E-state index contributed by atoms with van der Waals surface area (Å²) in [6, 6.07) is 7.56. The van der Waals surface area contributed by atoms with Crippen LogP contribution in [0.15, 0.2) is 33.2 Å². The lowest BCUT2D eigenvalue weighted by Crippen LogP contribution is -2.42. The highest BCUT2D eigenvalue weighted by Gasteiger charge is 2.24. The van der Waals surface area contributed by atoms with Crippen LogP contribution in [0.25, 0.3) is 11.0 Å². The smallest absolute Gasteiger partial charge is 0.289 e. The molecule has 6 nitrogen and oxygen atoms in total. The molecule has 7 heteroatoms. The van der Waals surface area contributed by atoms with Crippen molar-refractivity contribution in [2.24, 2.45) is 0 Å². The molecule has 1 fully saturated rings. The van der Waals surface area contributed by atoms with E-state index in [9.17, 15) is 9.59 Å². The van der Waals surface area contributed by atoms with E-state index in [1.807, 2.05) is 41.8 Å². The molecule has 1 aromatic carbocycles. The fourth-order valence-electron chi connectivity index (χ4n) is 3.49. The van der Waals surface area contributed by atoms with Gasteiger partial charge in [0, 0.05) is 44.7 Å². The predicted octanol–water partition coefficient (Wildman–Crippen LogP) is 3.21. The monoisotopic (exact) mass is 435 g/mol. The van der Waals surface area contributed by atoms with Gasteiger partial charge in [-0.1, -0.05) is 12.1 Å². The van der Waals surface area contributed by atoms with Crippen LogP contribution >= 0.6 is 15.9 Å². The Morgan fingerprint density at radius 3 is 2.63 bits per heavy atom. The SMILES string of the molecule is CCN(CC)C(=O)CN1CCCN(C(=O)c2cc3cccc(Br)c3o2)CC1. The molecule has 0 saturated carbocycles. The largest absolute Gasteiger partial charge is 0.450 e. The fourth-order valence-corrected chi connectivity index (χ4v) is 3.95. The molecule has 27 heavy (non-hydrogen) atoms. The van der Waals surface area contributed by atoms with Gasteiger partial charge >= 0.3 is 0 Å². The summed E-state index contributed by atoms with van der Waals surface area (Å²) in [6.45, 7) is 8.67. The minimum atomic E-state index is -0.0879. The van der Waals surface area contributed by atoms with Crippen LogP contribution in [0.1, 0.15) is 30.8 Å². The maximum atomic E-state index is 12.9. The molecule has 1 aliphatic heterocycles. The second kappa shape index (κ2) is 8.89. The average Bonchev–Trinajstić information content (AvgIpc) is 2.97. The van der Waals surface area contributed by atoms with E-state index in [-0.39, 0.29) is 11.8 Å². The Kier molecular flexibility index (Phi) is 6.55. The minimum absolute atomic E-state index is 0.0879. The summed E-state index contributed by atoms with van der Waals surface area (Å²) in [5, 5.41) is 0.911. The molecule has 3 rings (SSSR count). The van der Waals surface area contributed by atoms with Crippen molar-refractivity contribution < 1.29 is 14.0 Å². The van der Waals surface area contributed by atoms with Crippen LogP contribution in [0.3, 0.4) is 0 Å². The molecule has 1 aliphatic rings. The normalized spacial score (nSPS) is 15.7. The molecule has 2 amide bonds. The number of likely N-dealkylation sites (N-methyl/N-ethyl adjacent to an activating group) is 1. The maximum absolute atomic E-state index is 12.9. The molecule has 0 spiro atoms. The van der Waals surface area contributed by atoms with Gasteiger partial charge in [-0.25, -0.2) is 0 Å². The van der Waals surface area contributed by atoms with Crippen molar-refractivity contribution in [2.75, 3.05) is 45.8 Å². The van der Waals surface area contributed by atoms with Crippen molar-refractivity contribution in [1.82, 2.24) is 14.7 Å². The van der Waals surface area contributed by atoms with Gasteiger partial charge in [0.2, 0.25) is 5.91 Å². The minimum Gasteiger partial charge on any atom is -0.450 e. The van der Waals surface area contributed by atoms with Crippen molar-refractivity contribution in [3.63, 3.8) is 0 Å². The summed E-state index contributed by atoms with van der Waals surface area (Å²) in [5.41, 5.74) is 0.696. The van der Waals surface area contributed by atoms with Crippen molar-refractivity contribution in [2.45, 2.75) is 20.3 Å². The van der Waals surface area contributed by atoms with E-state index >= 15 is 0 Å². The molecule has 1 saturated heterocycles. The van der Waals surface area contributed by atoms with Gasteiger partial charge in [-0.3, -0.25) is 14.5 Å². The fraction of sp³-hybridized carbons (Fsp3) is 0.500. The summed E-state index contributed by atoms with van der Waals surface area (Å²) >= 11 is 3.46. The first-order chi connectivity index (χ1) is 13.0. The molecular weight excluding hydrogens is 410 g/mol. The van der Waals surface area contributed by atoms with Gasteiger partial charge in [0.15, 0.2) is 5.76 Å². The van der Waals surface area contributed by atoms with Gasteiger partial charge in [-0.2, -0.15) is 0 Å². The molecule has 0 aliphatic carbocycles. The van der Waals surface area contributed by atoms with Crippen LogP contribution in [-0.2, 0) is 4.79 Å². The lowest BCUT2D eigenvalue weighted by molar-refractivity contribution is -0.132. The average molecular weight is 436 g/mol. The summed E-state index contributed by atoms with van der Waals surface area (Å²) in [4.78, 5) is 31.0. The van der Waals surface area contributed by atoms with E-state index in [4.69, 9.17) is 4.42 Å². The Hall–Kier alpha value is -1.86. The lowest BCUT2D eigenvalue weighted by atomic mass is 10.2. The van der Waals surface area contributed by atoms with E-state index in [2.05, 4.69) is 20.8 Å². The van der Waals surface area contributed by atoms with Gasteiger partial charge in [0.05, 0.1) is 11.0 Å². The molecule has 0 unspecified atom stereocenters. The number of benzene rings is 1. The number of nitrogens with zero attached hydrogens (tertiary/aromatic N) is 3. The molecule has 1 aromatic heterocycles. The first-order valence-electron chi connectivity index (χ1n) is 9.51. The van der Waals surface area contributed by atoms with E-state index in [0.717, 1.165) is 35.9 Å². The lowest BCUT2D eigenvalue weighted by Gasteiger charge is -2.25. The Bertz CT molecular complexity index is 816. The topological polar surface area (TPSA) is 57.0 Å². The zero-order valence-electron chi connectivity index (χ0n) is 15.9. The molecule has 0 radical (unpaired) electrons. The van der Waals surface area contributed by atoms with Gasteiger partial charge < -0.3 is 14.2 Å². The van der Waals surface area contributed by atoms with E-state index in [1.165, 1.54) is 0 Å². The van der Waals surface area contributed by atoms with Crippen LogP contribution in [0, 0.1) is 0 Å². The maximum Gasteiger partial charge on any atom is 0.289 e. The Labute approximate surface area is 168 Å². The standard InChI is InChI=1S/C20H26BrN3O3/c1-3-23(4-2)18(25)14-22-9-6-10-24(12-11-22)20(26)17-13-15-7-5-8-16(21)19(15)27-17/h5,7-8,13H,3-4,6,9-12,14H2,1-2H3. The van der Waals surface area contributed by atoms with Gasteiger partial charge in [-0.05, 0) is 48.3 Å².